The molecule has 0 spiro atoms. The first-order chi connectivity index (χ1) is 9.96. The fraction of sp³-hybridized carbons (Fsp3) is 0.500. The van der Waals surface area contributed by atoms with E-state index in [9.17, 15) is 4.79 Å². The van der Waals surface area contributed by atoms with Crippen LogP contribution in [0.5, 0.6) is 5.75 Å². The van der Waals surface area contributed by atoms with Crippen molar-refractivity contribution in [3.63, 3.8) is 0 Å². The van der Waals surface area contributed by atoms with Gasteiger partial charge in [-0.3, -0.25) is 10.1 Å². The Morgan fingerprint density at radius 2 is 2.05 bits per heavy atom. The molecule has 1 amide bonds. The lowest BCUT2D eigenvalue weighted by Gasteiger charge is -2.15. The lowest BCUT2D eigenvalue weighted by molar-refractivity contribution is 0.0959. The van der Waals surface area contributed by atoms with Gasteiger partial charge in [0.1, 0.15) is 5.75 Å². The van der Waals surface area contributed by atoms with Gasteiger partial charge in [0.25, 0.3) is 11.9 Å². The molecule has 1 atom stereocenters. The molecule has 0 saturated carbocycles. The minimum Gasteiger partial charge on any atom is -0.497 e. The normalized spacial score (nSPS) is 13.0. The third-order valence-electron chi connectivity index (χ3n) is 2.83. The summed E-state index contributed by atoms with van der Waals surface area (Å²) in [5, 5.41) is 2.71. The maximum Gasteiger partial charge on any atom is 0.292 e. The Bertz CT molecular complexity index is 498. The van der Waals surface area contributed by atoms with Crippen LogP contribution in [-0.4, -0.2) is 31.2 Å². The Morgan fingerprint density at radius 3 is 2.62 bits per heavy atom. The van der Waals surface area contributed by atoms with E-state index in [-0.39, 0.29) is 24.1 Å². The van der Waals surface area contributed by atoms with Gasteiger partial charge in [-0.25, -0.2) is 4.99 Å². The maximum absolute atomic E-state index is 12.2. The fourth-order valence-corrected chi connectivity index (χ4v) is 1.54. The van der Waals surface area contributed by atoms with Gasteiger partial charge in [-0.1, -0.05) is 13.0 Å². The molecule has 0 bridgehead atoms. The van der Waals surface area contributed by atoms with E-state index in [1.54, 1.807) is 31.4 Å². The van der Waals surface area contributed by atoms with E-state index in [0.29, 0.717) is 11.3 Å². The number of carbonyl (C=O) groups is 1. The molecule has 0 aromatic heterocycles. The molecule has 1 rings (SSSR count). The highest BCUT2D eigenvalue weighted by molar-refractivity contribution is 6.04. The van der Waals surface area contributed by atoms with Crippen molar-refractivity contribution < 1.29 is 14.3 Å². The number of hydrogen-bond acceptors (Lipinski definition) is 4. The van der Waals surface area contributed by atoms with Crippen LogP contribution in [0, 0.1) is 0 Å². The molecule has 5 heteroatoms. The quantitative estimate of drug-likeness (QED) is 0.670. The molecule has 1 N–H and O–H groups in total. The molecular formula is C16H24N2O3. The zero-order chi connectivity index (χ0) is 15.8. The van der Waals surface area contributed by atoms with E-state index in [1.165, 1.54) is 0 Å². The van der Waals surface area contributed by atoms with E-state index in [2.05, 4.69) is 10.3 Å². The number of amides is 1. The molecule has 0 saturated heterocycles. The number of nitrogens with one attached hydrogen (secondary N) is 1. The summed E-state index contributed by atoms with van der Waals surface area (Å²) >= 11 is 0. The zero-order valence-electron chi connectivity index (χ0n) is 13.3. The predicted octanol–water partition coefficient (Wildman–Crippen LogP) is 3.00. The van der Waals surface area contributed by atoms with Gasteiger partial charge < -0.3 is 9.47 Å². The average molecular weight is 292 g/mol. The van der Waals surface area contributed by atoms with Gasteiger partial charge in [0.05, 0.1) is 19.3 Å². The van der Waals surface area contributed by atoms with Crippen LogP contribution in [0.1, 0.15) is 44.5 Å². The summed E-state index contributed by atoms with van der Waals surface area (Å²) in [6.07, 6.45) is 0.818. The largest absolute Gasteiger partial charge is 0.497 e. The van der Waals surface area contributed by atoms with Gasteiger partial charge in [0.15, 0.2) is 0 Å². The van der Waals surface area contributed by atoms with Crippen molar-refractivity contribution in [2.75, 3.05) is 7.11 Å². The highest BCUT2D eigenvalue weighted by Crippen LogP contribution is 2.12. The summed E-state index contributed by atoms with van der Waals surface area (Å²) in [5.41, 5.74) is 0.499. The fourth-order valence-electron chi connectivity index (χ4n) is 1.54. The van der Waals surface area contributed by atoms with Gasteiger partial charge in [-0.15, -0.1) is 0 Å². The molecule has 0 aliphatic rings. The summed E-state index contributed by atoms with van der Waals surface area (Å²) in [5.74, 6) is 0.365. The van der Waals surface area contributed by atoms with Crippen molar-refractivity contribution in [3.8, 4) is 5.75 Å². The number of carbonyl (C=O) groups excluding carboxylic acids is 1. The van der Waals surface area contributed by atoms with Crippen molar-refractivity contribution in [1.29, 1.82) is 0 Å². The summed E-state index contributed by atoms with van der Waals surface area (Å²) in [7, 11) is 1.56. The SMILES string of the molecule is CC[C@H](C)N=C(NC(=O)c1cccc(OC)c1)OC(C)C. The van der Waals surface area contributed by atoms with Crippen LogP contribution in [0.4, 0.5) is 0 Å². The number of methoxy groups -OCH3 is 1. The first kappa shape index (κ1) is 17.0. The Kier molecular flexibility index (Phi) is 6.72. The van der Waals surface area contributed by atoms with Gasteiger partial charge in [0.2, 0.25) is 0 Å². The summed E-state index contributed by atoms with van der Waals surface area (Å²) in [4.78, 5) is 16.6. The molecule has 1 aromatic rings. The Hall–Kier alpha value is -2.04. The second-order valence-electron chi connectivity index (χ2n) is 5.04. The molecule has 0 radical (unpaired) electrons. The average Bonchev–Trinajstić information content (AvgIpc) is 2.46. The van der Waals surface area contributed by atoms with Gasteiger partial charge in [-0.2, -0.15) is 0 Å². The Morgan fingerprint density at radius 1 is 1.33 bits per heavy atom. The molecule has 21 heavy (non-hydrogen) atoms. The van der Waals surface area contributed by atoms with E-state index >= 15 is 0 Å². The molecule has 5 nitrogen and oxygen atoms in total. The number of ether oxygens (including phenoxy) is 2. The molecular weight excluding hydrogens is 268 g/mol. The zero-order valence-corrected chi connectivity index (χ0v) is 13.3. The molecule has 0 unspecified atom stereocenters. The summed E-state index contributed by atoms with van der Waals surface area (Å²) in [6, 6.07) is 7.29. The monoisotopic (exact) mass is 292 g/mol. The number of nitrogens with zero attached hydrogens (tertiary/aromatic N) is 1. The number of benzene rings is 1. The molecule has 0 fully saturated rings. The molecule has 116 valence electrons. The lowest BCUT2D eigenvalue weighted by atomic mass is 10.2. The van der Waals surface area contributed by atoms with Crippen LogP contribution in [-0.2, 0) is 4.74 Å². The minimum atomic E-state index is -0.267. The third-order valence-corrected chi connectivity index (χ3v) is 2.83. The van der Waals surface area contributed by atoms with Crippen molar-refractivity contribution in [1.82, 2.24) is 5.32 Å². The van der Waals surface area contributed by atoms with Gasteiger partial charge >= 0.3 is 0 Å². The van der Waals surface area contributed by atoms with Gasteiger partial charge in [-0.05, 0) is 45.4 Å². The van der Waals surface area contributed by atoms with Crippen molar-refractivity contribution in [2.45, 2.75) is 46.3 Å². The van der Waals surface area contributed by atoms with E-state index in [4.69, 9.17) is 9.47 Å². The number of hydrogen-bond donors (Lipinski definition) is 1. The number of amidine groups is 1. The summed E-state index contributed by atoms with van der Waals surface area (Å²) in [6.45, 7) is 7.79. The van der Waals surface area contributed by atoms with Crippen LogP contribution in [0.2, 0.25) is 0 Å². The van der Waals surface area contributed by atoms with Crippen LogP contribution >= 0.6 is 0 Å². The maximum atomic E-state index is 12.2. The first-order valence-electron chi connectivity index (χ1n) is 7.16. The minimum absolute atomic E-state index is 0.0570. The van der Waals surface area contributed by atoms with Crippen molar-refractivity contribution in [2.24, 2.45) is 4.99 Å². The second-order valence-corrected chi connectivity index (χ2v) is 5.04. The Balaban J connectivity index is 2.86. The standard InChI is InChI=1S/C16H24N2O3/c1-6-12(4)17-16(21-11(2)3)18-15(19)13-8-7-9-14(10-13)20-5/h7-12H,6H2,1-5H3,(H,17,18,19)/t12-/m0/s1. The Labute approximate surface area is 126 Å². The first-order valence-corrected chi connectivity index (χ1v) is 7.16. The third kappa shape index (κ3) is 5.85. The molecule has 0 aliphatic carbocycles. The summed E-state index contributed by atoms with van der Waals surface area (Å²) < 4.78 is 10.7. The topological polar surface area (TPSA) is 59.9 Å². The van der Waals surface area contributed by atoms with Crippen molar-refractivity contribution >= 4 is 11.9 Å². The molecule has 1 aromatic carbocycles. The lowest BCUT2D eigenvalue weighted by Crippen LogP contribution is -2.35. The van der Waals surface area contributed by atoms with E-state index < -0.39 is 0 Å². The van der Waals surface area contributed by atoms with Crippen LogP contribution in [0.3, 0.4) is 0 Å². The van der Waals surface area contributed by atoms with E-state index in [1.807, 2.05) is 27.7 Å². The van der Waals surface area contributed by atoms with Crippen LogP contribution < -0.4 is 10.1 Å². The molecule has 0 heterocycles. The second kappa shape index (κ2) is 8.29. The van der Waals surface area contributed by atoms with Crippen LogP contribution in [0.25, 0.3) is 0 Å². The van der Waals surface area contributed by atoms with Crippen LogP contribution in [0.15, 0.2) is 29.3 Å². The number of rotatable bonds is 5. The number of aliphatic imine (C=N–C) groups is 1. The molecule has 0 aliphatic heterocycles. The smallest absolute Gasteiger partial charge is 0.292 e. The van der Waals surface area contributed by atoms with E-state index in [0.717, 1.165) is 6.42 Å². The van der Waals surface area contributed by atoms with Crippen molar-refractivity contribution in [3.05, 3.63) is 29.8 Å². The highest BCUT2D eigenvalue weighted by Gasteiger charge is 2.13. The predicted molar refractivity (Wildman–Crippen MR) is 83.9 cm³/mol. The van der Waals surface area contributed by atoms with Gasteiger partial charge in [0, 0.05) is 5.56 Å². The highest BCUT2D eigenvalue weighted by atomic mass is 16.5.